The fraction of sp³-hybridized carbons (Fsp3) is 0.318. The third-order valence-corrected chi connectivity index (χ3v) is 6.05. The van der Waals surface area contributed by atoms with Gasteiger partial charge in [0.25, 0.3) is 0 Å². The lowest BCUT2D eigenvalue weighted by Gasteiger charge is -2.17. The largest absolute Gasteiger partial charge is 0.497 e. The number of thioether (sulfide) groups is 1. The van der Waals surface area contributed by atoms with Crippen LogP contribution in [0.1, 0.15) is 5.56 Å². The molecule has 0 N–H and O–H groups in total. The van der Waals surface area contributed by atoms with Gasteiger partial charge in [0.1, 0.15) is 5.75 Å². The lowest BCUT2D eigenvalue weighted by molar-refractivity contribution is -0.116. The first-order valence-corrected chi connectivity index (χ1v) is 10.8. The quantitative estimate of drug-likeness (QED) is 0.517. The molecule has 4 rings (SSSR count). The number of nitrogens with zero attached hydrogens (tertiary/aromatic N) is 4. The van der Waals surface area contributed by atoms with Crippen LogP contribution in [0.4, 0.5) is 5.69 Å². The van der Waals surface area contributed by atoms with Crippen molar-refractivity contribution in [2.75, 3.05) is 38.0 Å². The van der Waals surface area contributed by atoms with Gasteiger partial charge < -0.3 is 14.4 Å². The zero-order chi connectivity index (χ0) is 20.9. The highest BCUT2D eigenvalue weighted by Crippen LogP contribution is 2.30. The maximum Gasteiger partial charge on any atom is 0.237 e. The molecule has 2 heterocycles. The summed E-state index contributed by atoms with van der Waals surface area (Å²) >= 11 is 1.41. The first kappa shape index (κ1) is 20.4. The summed E-state index contributed by atoms with van der Waals surface area (Å²) in [5.41, 5.74) is 3.18. The van der Waals surface area contributed by atoms with E-state index in [1.165, 1.54) is 17.3 Å². The molecule has 0 radical (unpaired) electrons. The van der Waals surface area contributed by atoms with Gasteiger partial charge >= 0.3 is 0 Å². The number of aromatic nitrogens is 3. The standard InChI is InChI=1S/C22H24N4O3S/c1-28-14-13-26-21(17-7-9-18(29-2)10-8-17)23-24-22(26)30-15-20(27)25-12-11-16-5-3-4-6-19(16)25/h3-10H,11-15H2,1-2H3. The van der Waals surface area contributed by atoms with Gasteiger partial charge in [0.2, 0.25) is 5.91 Å². The second kappa shape index (κ2) is 9.32. The molecule has 2 aromatic carbocycles. The van der Waals surface area contributed by atoms with Crippen molar-refractivity contribution in [2.24, 2.45) is 0 Å². The fourth-order valence-corrected chi connectivity index (χ4v) is 4.38. The van der Waals surface area contributed by atoms with Crippen LogP contribution in [-0.2, 0) is 22.5 Å². The second-order valence-corrected chi connectivity index (χ2v) is 7.83. The Kier molecular flexibility index (Phi) is 6.35. The molecule has 1 amide bonds. The van der Waals surface area contributed by atoms with Crippen molar-refractivity contribution in [1.82, 2.24) is 14.8 Å². The number of para-hydroxylation sites is 1. The average molecular weight is 425 g/mol. The summed E-state index contributed by atoms with van der Waals surface area (Å²) in [7, 11) is 3.30. The predicted octanol–water partition coefficient (Wildman–Crippen LogP) is 3.28. The van der Waals surface area contributed by atoms with Crippen molar-refractivity contribution >= 4 is 23.4 Å². The van der Waals surface area contributed by atoms with Crippen LogP contribution in [0.15, 0.2) is 53.7 Å². The molecule has 0 fully saturated rings. The monoisotopic (exact) mass is 424 g/mol. The van der Waals surface area contributed by atoms with E-state index in [1.54, 1.807) is 14.2 Å². The number of anilines is 1. The first-order chi connectivity index (χ1) is 14.7. The lowest BCUT2D eigenvalue weighted by atomic mass is 10.2. The Bertz CT molecular complexity index is 1020. The van der Waals surface area contributed by atoms with E-state index in [2.05, 4.69) is 16.3 Å². The summed E-state index contributed by atoms with van der Waals surface area (Å²) in [6.45, 7) is 1.86. The van der Waals surface area contributed by atoms with Crippen molar-refractivity contribution in [3.05, 3.63) is 54.1 Å². The molecule has 8 heteroatoms. The van der Waals surface area contributed by atoms with Crippen LogP contribution in [0.3, 0.4) is 0 Å². The Hall–Kier alpha value is -2.84. The van der Waals surface area contributed by atoms with E-state index in [0.717, 1.165) is 35.8 Å². The molecule has 1 aliphatic heterocycles. The minimum Gasteiger partial charge on any atom is -0.497 e. The predicted molar refractivity (Wildman–Crippen MR) is 117 cm³/mol. The molecule has 0 spiro atoms. The van der Waals surface area contributed by atoms with E-state index >= 15 is 0 Å². The van der Waals surface area contributed by atoms with Crippen molar-refractivity contribution in [3.8, 4) is 17.1 Å². The normalized spacial score (nSPS) is 12.8. The molecule has 1 aromatic heterocycles. The third kappa shape index (κ3) is 4.20. The van der Waals surface area contributed by atoms with E-state index in [9.17, 15) is 4.79 Å². The van der Waals surface area contributed by atoms with Crippen LogP contribution in [0.2, 0.25) is 0 Å². The van der Waals surface area contributed by atoms with Crippen molar-refractivity contribution in [2.45, 2.75) is 18.1 Å². The maximum absolute atomic E-state index is 12.9. The van der Waals surface area contributed by atoms with Gasteiger partial charge in [0, 0.05) is 24.9 Å². The number of fused-ring (bicyclic) bond motifs is 1. The van der Waals surface area contributed by atoms with E-state index < -0.39 is 0 Å². The lowest BCUT2D eigenvalue weighted by Crippen LogP contribution is -2.30. The Labute approximate surface area is 180 Å². The highest BCUT2D eigenvalue weighted by Gasteiger charge is 2.25. The number of ether oxygens (including phenoxy) is 2. The minimum atomic E-state index is 0.0808. The van der Waals surface area contributed by atoms with E-state index in [-0.39, 0.29) is 5.91 Å². The summed E-state index contributed by atoms with van der Waals surface area (Å²) < 4.78 is 12.5. The van der Waals surface area contributed by atoms with Gasteiger partial charge in [-0.3, -0.25) is 9.36 Å². The highest BCUT2D eigenvalue weighted by molar-refractivity contribution is 7.99. The zero-order valence-electron chi connectivity index (χ0n) is 17.1. The van der Waals surface area contributed by atoms with Crippen LogP contribution in [0.5, 0.6) is 5.75 Å². The summed E-state index contributed by atoms with van der Waals surface area (Å²) in [6, 6.07) is 15.8. The number of rotatable bonds is 8. The number of methoxy groups -OCH3 is 2. The van der Waals surface area contributed by atoms with Crippen LogP contribution in [-0.4, -0.2) is 53.8 Å². The molecular formula is C22H24N4O3S. The van der Waals surface area contributed by atoms with Gasteiger partial charge in [-0.15, -0.1) is 10.2 Å². The summed E-state index contributed by atoms with van der Waals surface area (Å²) in [4.78, 5) is 14.7. The van der Waals surface area contributed by atoms with Gasteiger partial charge in [0.05, 0.1) is 26.0 Å². The topological polar surface area (TPSA) is 69.5 Å². The summed E-state index contributed by atoms with van der Waals surface area (Å²) in [5, 5.41) is 9.43. The van der Waals surface area contributed by atoms with Crippen LogP contribution < -0.4 is 9.64 Å². The molecule has 0 aliphatic carbocycles. The van der Waals surface area contributed by atoms with Crippen molar-refractivity contribution < 1.29 is 14.3 Å². The van der Waals surface area contributed by atoms with Gasteiger partial charge in [-0.25, -0.2) is 0 Å². The van der Waals surface area contributed by atoms with Gasteiger partial charge in [-0.1, -0.05) is 30.0 Å². The fourth-order valence-electron chi connectivity index (χ4n) is 3.53. The van der Waals surface area contributed by atoms with Crippen molar-refractivity contribution in [3.63, 3.8) is 0 Å². The first-order valence-electron chi connectivity index (χ1n) is 9.79. The minimum absolute atomic E-state index is 0.0808. The van der Waals surface area contributed by atoms with Gasteiger partial charge in [0.15, 0.2) is 11.0 Å². The Morgan fingerprint density at radius 1 is 1.10 bits per heavy atom. The Morgan fingerprint density at radius 3 is 2.67 bits per heavy atom. The smallest absolute Gasteiger partial charge is 0.237 e. The van der Waals surface area contributed by atoms with Crippen LogP contribution in [0, 0.1) is 0 Å². The number of benzene rings is 2. The van der Waals surface area contributed by atoms with E-state index in [0.29, 0.717) is 24.1 Å². The summed E-state index contributed by atoms with van der Waals surface area (Å²) in [5.74, 6) is 1.92. The molecule has 0 bridgehead atoms. The molecule has 30 heavy (non-hydrogen) atoms. The molecule has 0 atom stereocenters. The van der Waals surface area contributed by atoms with Gasteiger partial charge in [-0.05, 0) is 42.3 Å². The number of hydrogen-bond acceptors (Lipinski definition) is 6. The van der Waals surface area contributed by atoms with Crippen LogP contribution in [0.25, 0.3) is 11.4 Å². The SMILES string of the molecule is COCCn1c(SCC(=O)N2CCc3ccccc32)nnc1-c1ccc(OC)cc1. The number of carbonyl (C=O) groups is 1. The van der Waals surface area contributed by atoms with E-state index in [1.807, 2.05) is 51.9 Å². The maximum atomic E-state index is 12.9. The van der Waals surface area contributed by atoms with Gasteiger partial charge in [-0.2, -0.15) is 0 Å². The molecular weight excluding hydrogens is 400 g/mol. The van der Waals surface area contributed by atoms with Crippen LogP contribution >= 0.6 is 11.8 Å². The molecule has 0 saturated heterocycles. The third-order valence-electron chi connectivity index (χ3n) is 5.10. The molecule has 1 aliphatic rings. The van der Waals surface area contributed by atoms with E-state index in [4.69, 9.17) is 9.47 Å². The number of carbonyl (C=O) groups excluding carboxylic acids is 1. The molecule has 156 valence electrons. The molecule has 0 saturated carbocycles. The number of amides is 1. The second-order valence-electron chi connectivity index (χ2n) is 6.89. The molecule has 0 unspecified atom stereocenters. The number of hydrogen-bond donors (Lipinski definition) is 0. The Morgan fingerprint density at radius 2 is 1.90 bits per heavy atom. The average Bonchev–Trinajstić information content (AvgIpc) is 3.40. The van der Waals surface area contributed by atoms with Crippen molar-refractivity contribution in [1.29, 1.82) is 0 Å². The Balaban J connectivity index is 1.51. The summed E-state index contributed by atoms with van der Waals surface area (Å²) in [6.07, 6.45) is 0.901. The zero-order valence-corrected chi connectivity index (χ0v) is 17.9. The highest BCUT2D eigenvalue weighted by atomic mass is 32.2. The molecule has 7 nitrogen and oxygen atoms in total. The molecule has 3 aromatic rings.